The Balaban J connectivity index is 0. The molecule has 0 radical (unpaired) electrons. The molecule has 4 nitrogen and oxygen atoms in total. The summed E-state index contributed by atoms with van der Waals surface area (Å²) in [6.45, 7) is 6.68. The first-order valence-corrected chi connectivity index (χ1v) is 3.54. The van der Waals surface area contributed by atoms with Crippen LogP contribution in [0.25, 0.3) is 0 Å². The van der Waals surface area contributed by atoms with Crippen LogP contribution in [-0.2, 0) is 9.59 Å². The van der Waals surface area contributed by atoms with E-state index in [-0.39, 0.29) is 5.91 Å². The van der Waals surface area contributed by atoms with E-state index in [2.05, 4.69) is 5.32 Å². The lowest BCUT2D eigenvalue weighted by Crippen LogP contribution is -2.36. The van der Waals surface area contributed by atoms with E-state index < -0.39 is 12.0 Å². The van der Waals surface area contributed by atoms with Crippen LogP contribution in [0.2, 0.25) is 0 Å². The largest absolute Gasteiger partial charge is 0.480 e. The molecule has 0 heterocycles. The number of amides is 1. The zero-order valence-corrected chi connectivity index (χ0v) is 7.34. The van der Waals surface area contributed by atoms with Gasteiger partial charge in [-0.3, -0.25) is 9.59 Å². The summed E-state index contributed by atoms with van der Waals surface area (Å²) in [4.78, 5) is 20.2. The van der Waals surface area contributed by atoms with Crippen LogP contribution in [-0.4, -0.2) is 23.0 Å². The topological polar surface area (TPSA) is 66.4 Å². The van der Waals surface area contributed by atoms with Crippen molar-refractivity contribution in [1.29, 1.82) is 0 Å². The Morgan fingerprint density at radius 3 is 1.82 bits per heavy atom. The van der Waals surface area contributed by atoms with Crippen LogP contribution in [0.15, 0.2) is 0 Å². The standard InChI is InChI=1S/C5H9NO3.C2H6/c1-3(5(8)9)6-4(2)7;1-2/h3H,1-2H3,(H,6,7)(H,8,9);1-2H3/t3-;/m0./s1. The van der Waals surface area contributed by atoms with E-state index >= 15 is 0 Å². The average molecular weight is 161 g/mol. The third kappa shape index (κ3) is 8.94. The molecule has 66 valence electrons. The second kappa shape index (κ2) is 7.05. The number of nitrogens with one attached hydrogen (secondary N) is 1. The van der Waals surface area contributed by atoms with Crippen LogP contribution >= 0.6 is 0 Å². The van der Waals surface area contributed by atoms with E-state index in [4.69, 9.17) is 5.11 Å². The molecule has 0 aromatic carbocycles. The summed E-state index contributed by atoms with van der Waals surface area (Å²) in [7, 11) is 0. The molecule has 0 spiro atoms. The molecule has 0 rings (SSSR count). The fourth-order valence-electron chi connectivity index (χ4n) is 0.367. The predicted molar refractivity (Wildman–Crippen MR) is 42.3 cm³/mol. The predicted octanol–water partition coefficient (Wildman–Crippen LogP) is 0.622. The zero-order valence-electron chi connectivity index (χ0n) is 7.34. The maximum Gasteiger partial charge on any atom is 0.325 e. The molecular weight excluding hydrogens is 146 g/mol. The molecule has 11 heavy (non-hydrogen) atoms. The minimum absolute atomic E-state index is 0.329. The monoisotopic (exact) mass is 161 g/mol. The van der Waals surface area contributed by atoms with Crippen LogP contribution in [0.1, 0.15) is 27.7 Å². The molecule has 1 atom stereocenters. The number of hydrogen-bond acceptors (Lipinski definition) is 2. The first kappa shape index (κ1) is 12.6. The van der Waals surface area contributed by atoms with E-state index in [1.54, 1.807) is 0 Å². The third-order valence-corrected chi connectivity index (χ3v) is 0.790. The molecule has 0 aromatic rings. The molecule has 1 amide bonds. The minimum atomic E-state index is -1.02. The van der Waals surface area contributed by atoms with Crippen LogP contribution in [0, 0.1) is 0 Å². The fraction of sp³-hybridized carbons (Fsp3) is 0.714. The zero-order chi connectivity index (χ0) is 9.44. The van der Waals surface area contributed by atoms with Crippen molar-refractivity contribution in [3.63, 3.8) is 0 Å². The number of rotatable bonds is 2. The summed E-state index contributed by atoms with van der Waals surface area (Å²) in [6, 6.07) is -0.789. The van der Waals surface area contributed by atoms with Gasteiger partial charge in [-0.1, -0.05) is 13.8 Å². The van der Waals surface area contributed by atoms with Crippen molar-refractivity contribution in [2.75, 3.05) is 0 Å². The molecule has 0 saturated heterocycles. The van der Waals surface area contributed by atoms with Gasteiger partial charge in [0, 0.05) is 6.92 Å². The smallest absolute Gasteiger partial charge is 0.325 e. The average Bonchev–Trinajstić information content (AvgIpc) is 1.90. The van der Waals surface area contributed by atoms with E-state index in [1.165, 1.54) is 13.8 Å². The lowest BCUT2D eigenvalue weighted by Gasteiger charge is -2.04. The van der Waals surface area contributed by atoms with Crippen molar-refractivity contribution in [3.05, 3.63) is 0 Å². The highest BCUT2D eigenvalue weighted by molar-refractivity contribution is 5.81. The van der Waals surface area contributed by atoms with E-state index in [0.29, 0.717) is 0 Å². The van der Waals surface area contributed by atoms with Gasteiger partial charge in [-0.15, -0.1) is 0 Å². The van der Waals surface area contributed by atoms with Crippen LogP contribution in [0.3, 0.4) is 0 Å². The van der Waals surface area contributed by atoms with Gasteiger partial charge < -0.3 is 10.4 Å². The van der Waals surface area contributed by atoms with Crippen molar-refractivity contribution in [1.82, 2.24) is 5.32 Å². The number of aliphatic carboxylic acids is 1. The summed E-state index contributed by atoms with van der Waals surface area (Å²) >= 11 is 0. The molecular formula is C7H15NO3. The Morgan fingerprint density at radius 2 is 1.73 bits per heavy atom. The number of hydrogen-bond donors (Lipinski definition) is 2. The normalized spacial score (nSPS) is 10.5. The highest BCUT2D eigenvalue weighted by atomic mass is 16.4. The van der Waals surface area contributed by atoms with Gasteiger partial charge in [0.1, 0.15) is 6.04 Å². The van der Waals surface area contributed by atoms with Crippen LogP contribution < -0.4 is 5.32 Å². The molecule has 0 aliphatic carbocycles. The summed E-state index contributed by atoms with van der Waals surface area (Å²) < 4.78 is 0. The summed E-state index contributed by atoms with van der Waals surface area (Å²) in [5.74, 6) is -1.35. The molecule has 0 fully saturated rings. The van der Waals surface area contributed by atoms with E-state index in [9.17, 15) is 9.59 Å². The van der Waals surface area contributed by atoms with E-state index in [1.807, 2.05) is 13.8 Å². The number of carboxylic acids is 1. The Hall–Kier alpha value is -1.06. The Labute approximate surface area is 66.6 Å². The van der Waals surface area contributed by atoms with Gasteiger partial charge >= 0.3 is 5.97 Å². The summed E-state index contributed by atoms with van der Waals surface area (Å²) in [5.41, 5.74) is 0. The first-order chi connectivity index (χ1) is 5.04. The molecule has 0 aliphatic heterocycles. The number of carbonyl (C=O) groups is 2. The summed E-state index contributed by atoms with van der Waals surface area (Å²) in [6.07, 6.45) is 0. The highest BCUT2D eigenvalue weighted by Gasteiger charge is 2.09. The summed E-state index contributed by atoms with van der Waals surface area (Å²) in [5, 5.41) is 10.4. The van der Waals surface area contributed by atoms with Gasteiger partial charge in [0.25, 0.3) is 0 Å². The van der Waals surface area contributed by atoms with Crippen molar-refractivity contribution in [2.45, 2.75) is 33.7 Å². The quantitative estimate of drug-likeness (QED) is 0.624. The second-order valence-electron chi connectivity index (χ2n) is 1.76. The van der Waals surface area contributed by atoms with Crippen molar-refractivity contribution < 1.29 is 14.7 Å². The molecule has 0 aromatic heterocycles. The maximum absolute atomic E-state index is 10.2. The minimum Gasteiger partial charge on any atom is -0.480 e. The molecule has 0 unspecified atom stereocenters. The molecule has 4 heteroatoms. The molecule has 2 N–H and O–H groups in total. The lowest BCUT2D eigenvalue weighted by atomic mass is 10.3. The Kier molecular flexibility index (Phi) is 8.08. The lowest BCUT2D eigenvalue weighted by molar-refractivity contribution is -0.140. The molecule has 0 saturated carbocycles. The van der Waals surface area contributed by atoms with E-state index in [0.717, 1.165) is 0 Å². The van der Waals surface area contributed by atoms with Crippen molar-refractivity contribution in [3.8, 4) is 0 Å². The SMILES string of the molecule is CC.CC(=O)N[C@@H](C)C(=O)O. The Morgan fingerprint density at radius 1 is 1.36 bits per heavy atom. The van der Waals surface area contributed by atoms with Gasteiger partial charge in [-0.25, -0.2) is 0 Å². The number of carboxylic acid groups (broad SMARTS) is 1. The van der Waals surface area contributed by atoms with Gasteiger partial charge in [0.15, 0.2) is 0 Å². The first-order valence-electron chi connectivity index (χ1n) is 3.54. The molecule has 0 bridgehead atoms. The maximum atomic E-state index is 10.2. The molecule has 0 aliphatic rings. The van der Waals surface area contributed by atoms with Gasteiger partial charge in [-0.05, 0) is 6.92 Å². The van der Waals surface area contributed by atoms with Gasteiger partial charge in [0.05, 0.1) is 0 Å². The van der Waals surface area contributed by atoms with Gasteiger partial charge in [0.2, 0.25) is 5.91 Å². The van der Waals surface area contributed by atoms with Crippen molar-refractivity contribution >= 4 is 11.9 Å². The fourth-order valence-corrected chi connectivity index (χ4v) is 0.367. The number of carbonyl (C=O) groups excluding carboxylic acids is 1. The van der Waals surface area contributed by atoms with Gasteiger partial charge in [-0.2, -0.15) is 0 Å². The van der Waals surface area contributed by atoms with Crippen LogP contribution in [0.5, 0.6) is 0 Å². The van der Waals surface area contributed by atoms with Crippen LogP contribution in [0.4, 0.5) is 0 Å². The third-order valence-electron chi connectivity index (χ3n) is 0.790. The second-order valence-corrected chi connectivity index (χ2v) is 1.76. The highest BCUT2D eigenvalue weighted by Crippen LogP contribution is 1.78. The van der Waals surface area contributed by atoms with Crippen molar-refractivity contribution in [2.24, 2.45) is 0 Å². The Bertz CT molecular complexity index is 134.